The van der Waals surface area contributed by atoms with Crippen molar-refractivity contribution in [1.82, 2.24) is 19.6 Å². The van der Waals surface area contributed by atoms with Crippen molar-refractivity contribution >= 4 is 23.4 Å². The summed E-state index contributed by atoms with van der Waals surface area (Å²) in [6.07, 6.45) is 3.94. The molecule has 1 aromatic rings. The maximum atomic E-state index is 12.7. The zero-order chi connectivity index (χ0) is 16.6. The number of aryl methyl sites for hydroxylation is 1. The second kappa shape index (κ2) is 6.13. The summed E-state index contributed by atoms with van der Waals surface area (Å²) < 4.78 is 1.51. The number of carbonyl (C=O) groups is 2. The number of aliphatic hydroxyl groups excluding tert-OH is 1. The number of halogens is 1. The van der Waals surface area contributed by atoms with Crippen LogP contribution in [-0.4, -0.2) is 69.3 Å². The van der Waals surface area contributed by atoms with Gasteiger partial charge >= 0.3 is 0 Å². The molecular formula is C15H21ClN4O3. The van der Waals surface area contributed by atoms with Gasteiger partial charge in [0.1, 0.15) is 0 Å². The van der Waals surface area contributed by atoms with Gasteiger partial charge in [-0.2, -0.15) is 5.10 Å². The zero-order valence-electron chi connectivity index (χ0n) is 13.2. The molecule has 1 unspecified atom stereocenters. The normalized spacial score (nSPS) is 24.7. The molecule has 126 valence electrons. The number of likely N-dealkylation sites (tertiary alicyclic amines) is 2. The lowest BCUT2D eigenvalue weighted by atomic mass is 9.78. The van der Waals surface area contributed by atoms with Gasteiger partial charge in [-0.25, -0.2) is 0 Å². The van der Waals surface area contributed by atoms with Crippen LogP contribution in [0, 0.1) is 5.41 Å². The van der Waals surface area contributed by atoms with Crippen molar-refractivity contribution in [3.05, 3.63) is 16.9 Å². The molecule has 2 fully saturated rings. The monoisotopic (exact) mass is 340 g/mol. The molecule has 1 atom stereocenters. The first-order valence-corrected chi connectivity index (χ1v) is 8.23. The fraction of sp³-hybridized carbons (Fsp3) is 0.667. The molecule has 3 heterocycles. The highest BCUT2D eigenvalue weighted by Gasteiger charge is 2.49. The Hall–Kier alpha value is -1.60. The number of hydrogen-bond acceptors (Lipinski definition) is 4. The number of β-amino-alcohol motifs (C(OH)–C–C–N with tert-alkyl or cyclic N) is 1. The molecule has 7 nitrogen and oxygen atoms in total. The number of aromatic nitrogens is 2. The third-order valence-corrected chi connectivity index (χ3v) is 5.10. The minimum Gasteiger partial charge on any atom is -0.395 e. The van der Waals surface area contributed by atoms with E-state index in [0.29, 0.717) is 37.6 Å². The van der Waals surface area contributed by atoms with E-state index in [2.05, 4.69) is 5.10 Å². The second-order valence-electron chi connectivity index (χ2n) is 6.38. The molecule has 2 amide bonds. The van der Waals surface area contributed by atoms with Crippen LogP contribution in [0.2, 0.25) is 5.02 Å². The van der Waals surface area contributed by atoms with Crippen molar-refractivity contribution in [2.24, 2.45) is 12.5 Å². The maximum Gasteiger partial charge on any atom is 0.275 e. The first-order chi connectivity index (χ1) is 11.0. The van der Waals surface area contributed by atoms with Gasteiger partial charge in [0, 0.05) is 39.4 Å². The smallest absolute Gasteiger partial charge is 0.275 e. The SMILES string of the molecule is Cn1cc(Cl)c(C(=O)N2CCC3(CCCN(CCO)C3=O)C2)n1. The minimum atomic E-state index is -0.510. The molecule has 3 rings (SSSR count). The number of carbonyl (C=O) groups excluding carboxylic acids is 2. The van der Waals surface area contributed by atoms with Crippen LogP contribution in [0.4, 0.5) is 0 Å². The molecule has 2 saturated heterocycles. The first kappa shape index (κ1) is 16.3. The summed E-state index contributed by atoms with van der Waals surface area (Å²) in [7, 11) is 1.71. The Bertz CT molecular complexity index is 630. The molecule has 0 aromatic carbocycles. The Balaban J connectivity index is 1.76. The molecule has 1 N–H and O–H groups in total. The van der Waals surface area contributed by atoms with Gasteiger partial charge in [0.25, 0.3) is 5.91 Å². The van der Waals surface area contributed by atoms with Gasteiger partial charge in [0.2, 0.25) is 5.91 Å². The van der Waals surface area contributed by atoms with Crippen LogP contribution >= 0.6 is 11.6 Å². The van der Waals surface area contributed by atoms with E-state index in [1.165, 1.54) is 4.68 Å². The zero-order valence-corrected chi connectivity index (χ0v) is 13.9. The highest BCUT2D eigenvalue weighted by Crippen LogP contribution is 2.40. The molecule has 2 aliphatic rings. The predicted molar refractivity (Wildman–Crippen MR) is 84.1 cm³/mol. The van der Waals surface area contributed by atoms with Gasteiger partial charge < -0.3 is 14.9 Å². The van der Waals surface area contributed by atoms with E-state index in [-0.39, 0.29) is 24.1 Å². The predicted octanol–water partition coefficient (Wildman–Crippen LogP) is 0.520. The van der Waals surface area contributed by atoms with Crippen LogP contribution in [0.1, 0.15) is 29.8 Å². The van der Waals surface area contributed by atoms with Crippen molar-refractivity contribution < 1.29 is 14.7 Å². The number of amides is 2. The molecule has 0 saturated carbocycles. The van der Waals surface area contributed by atoms with Crippen LogP contribution in [-0.2, 0) is 11.8 Å². The fourth-order valence-electron chi connectivity index (χ4n) is 3.66. The Morgan fingerprint density at radius 1 is 1.43 bits per heavy atom. The second-order valence-corrected chi connectivity index (χ2v) is 6.78. The van der Waals surface area contributed by atoms with E-state index in [0.717, 1.165) is 12.8 Å². The minimum absolute atomic E-state index is 0.0337. The molecule has 1 aromatic heterocycles. The van der Waals surface area contributed by atoms with E-state index >= 15 is 0 Å². The maximum absolute atomic E-state index is 12.7. The average molecular weight is 341 g/mol. The highest BCUT2D eigenvalue weighted by atomic mass is 35.5. The van der Waals surface area contributed by atoms with Crippen LogP contribution in [0.3, 0.4) is 0 Å². The summed E-state index contributed by atoms with van der Waals surface area (Å²) in [6, 6.07) is 0. The van der Waals surface area contributed by atoms with Gasteiger partial charge in [-0.15, -0.1) is 0 Å². The Morgan fingerprint density at radius 3 is 2.87 bits per heavy atom. The van der Waals surface area contributed by atoms with E-state index in [1.54, 1.807) is 23.0 Å². The Morgan fingerprint density at radius 2 is 2.22 bits per heavy atom. The summed E-state index contributed by atoms with van der Waals surface area (Å²) in [5.74, 6) is -0.167. The summed E-state index contributed by atoms with van der Waals surface area (Å²) in [5.41, 5.74) is -0.272. The van der Waals surface area contributed by atoms with Crippen molar-refractivity contribution in [1.29, 1.82) is 0 Å². The average Bonchev–Trinajstić information content (AvgIpc) is 3.08. The third kappa shape index (κ3) is 2.83. The molecule has 0 bridgehead atoms. The summed E-state index contributed by atoms with van der Waals surface area (Å²) in [4.78, 5) is 28.8. The summed E-state index contributed by atoms with van der Waals surface area (Å²) >= 11 is 6.05. The van der Waals surface area contributed by atoms with Crippen LogP contribution < -0.4 is 0 Å². The van der Waals surface area contributed by atoms with Crippen LogP contribution in [0.15, 0.2) is 6.20 Å². The van der Waals surface area contributed by atoms with Gasteiger partial charge in [0.15, 0.2) is 5.69 Å². The number of aliphatic hydroxyl groups is 1. The molecule has 1 spiro atoms. The van der Waals surface area contributed by atoms with E-state index in [4.69, 9.17) is 16.7 Å². The highest BCUT2D eigenvalue weighted by molar-refractivity contribution is 6.33. The Labute approximate surface area is 139 Å². The van der Waals surface area contributed by atoms with Crippen molar-refractivity contribution in [3.8, 4) is 0 Å². The lowest BCUT2D eigenvalue weighted by Crippen LogP contribution is -2.51. The van der Waals surface area contributed by atoms with Gasteiger partial charge in [-0.05, 0) is 19.3 Å². The topological polar surface area (TPSA) is 78.7 Å². The van der Waals surface area contributed by atoms with Gasteiger partial charge in [-0.3, -0.25) is 14.3 Å². The van der Waals surface area contributed by atoms with Crippen LogP contribution in [0.5, 0.6) is 0 Å². The fourth-order valence-corrected chi connectivity index (χ4v) is 3.92. The quantitative estimate of drug-likeness (QED) is 0.870. The molecule has 0 radical (unpaired) electrons. The van der Waals surface area contributed by atoms with Crippen LogP contribution in [0.25, 0.3) is 0 Å². The molecule has 0 aliphatic carbocycles. The lowest BCUT2D eigenvalue weighted by Gasteiger charge is -2.39. The van der Waals surface area contributed by atoms with Gasteiger partial charge in [-0.1, -0.05) is 11.6 Å². The standard InChI is InChI=1S/C15H21ClN4O3/c1-18-9-11(16)12(17-18)13(22)20-6-4-15(10-20)3-2-5-19(7-8-21)14(15)23/h9,21H,2-8,10H2,1H3. The lowest BCUT2D eigenvalue weighted by molar-refractivity contribution is -0.146. The van der Waals surface area contributed by atoms with E-state index in [9.17, 15) is 9.59 Å². The number of nitrogens with zero attached hydrogens (tertiary/aromatic N) is 4. The summed E-state index contributed by atoms with van der Waals surface area (Å²) in [6.45, 7) is 1.94. The molecule has 2 aliphatic heterocycles. The molecule has 8 heteroatoms. The number of rotatable bonds is 3. The van der Waals surface area contributed by atoms with E-state index < -0.39 is 5.41 Å². The number of piperidine rings is 1. The Kier molecular flexibility index (Phi) is 4.33. The first-order valence-electron chi connectivity index (χ1n) is 7.85. The largest absolute Gasteiger partial charge is 0.395 e. The van der Waals surface area contributed by atoms with Crippen molar-refractivity contribution in [2.45, 2.75) is 19.3 Å². The molecule has 23 heavy (non-hydrogen) atoms. The molecular weight excluding hydrogens is 320 g/mol. The summed E-state index contributed by atoms with van der Waals surface area (Å²) in [5, 5.41) is 13.6. The third-order valence-electron chi connectivity index (χ3n) is 4.82. The van der Waals surface area contributed by atoms with Gasteiger partial charge in [0.05, 0.1) is 17.0 Å². The van der Waals surface area contributed by atoms with Crippen molar-refractivity contribution in [2.75, 3.05) is 32.8 Å². The van der Waals surface area contributed by atoms with E-state index in [1.807, 2.05) is 0 Å². The van der Waals surface area contributed by atoms with Crippen molar-refractivity contribution in [3.63, 3.8) is 0 Å². The number of hydrogen-bond donors (Lipinski definition) is 1.